The fourth-order valence-electron chi connectivity index (χ4n) is 2.63. The van der Waals surface area contributed by atoms with Crippen LogP contribution in [-0.4, -0.2) is 29.4 Å². The number of nitrogens with one attached hydrogen (secondary N) is 1. The molecule has 0 aliphatic heterocycles. The van der Waals surface area contributed by atoms with Crippen LogP contribution in [0.15, 0.2) is 66.7 Å². The molecule has 0 spiro atoms. The van der Waals surface area contributed by atoms with Crippen LogP contribution in [0.4, 0.5) is 5.69 Å². The molecule has 0 saturated carbocycles. The maximum absolute atomic E-state index is 12.8. The summed E-state index contributed by atoms with van der Waals surface area (Å²) < 4.78 is 4.93. The molecule has 0 radical (unpaired) electrons. The lowest BCUT2D eigenvalue weighted by molar-refractivity contribution is -0.119. The summed E-state index contributed by atoms with van der Waals surface area (Å²) in [4.78, 5) is 37.1. The highest BCUT2D eigenvalue weighted by Gasteiger charge is 2.18. The molecule has 30 heavy (non-hydrogen) atoms. The van der Waals surface area contributed by atoms with Crippen LogP contribution in [0, 0.1) is 0 Å². The predicted octanol–water partition coefficient (Wildman–Crippen LogP) is 4.73. The number of rotatable bonds is 6. The molecule has 0 heterocycles. The van der Waals surface area contributed by atoms with Crippen molar-refractivity contribution in [2.45, 2.75) is 0 Å². The molecule has 0 aliphatic rings. The van der Waals surface area contributed by atoms with Gasteiger partial charge in [-0.3, -0.25) is 9.59 Å². The summed E-state index contributed by atoms with van der Waals surface area (Å²) in [5.41, 5.74) is 0.681. The van der Waals surface area contributed by atoms with Crippen molar-refractivity contribution in [3.05, 3.63) is 93.5 Å². The van der Waals surface area contributed by atoms with E-state index in [1.165, 1.54) is 36.4 Å². The summed E-state index contributed by atoms with van der Waals surface area (Å²) in [6, 6.07) is 16.9. The van der Waals surface area contributed by atoms with E-state index in [9.17, 15) is 19.5 Å². The molecular weight excluding hydrogens is 429 g/mol. The Morgan fingerprint density at radius 2 is 1.50 bits per heavy atom. The Balaban J connectivity index is 1.72. The molecule has 3 aromatic carbocycles. The van der Waals surface area contributed by atoms with Crippen molar-refractivity contribution >= 4 is 46.5 Å². The average molecular weight is 444 g/mol. The zero-order valence-corrected chi connectivity index (χ0v) is 16.9. The Morgan fingerprint density at radius 1 is 0.867 bits per heavy atom. The molecule has 8 heteroatoms. The third-order valence-corrected chi connectivity index (χ3v) is 4.52. The van der Waals surface area contributed by atoms with Gasteiger partial charge in [-0.15, -0.1) is 0 Å². The number of halogens is 2. The third-order valence-electron chi connectivity index (χ3n) is 4.05. The molecule has 1 amide bonds. The number of carbonyl (C=O) groups excluding carboxylic acids is 3. The van der Waals surface area contributed by atoms with Gasteiger partial charge < -0.3 is 15.2 Å². The van der Waals surface area contributed by atoms with E-state index >= 15 is 0 Å². The molecule has 0 aromatic heterocycles. The number of ketones is 1. The first kappa shape index (κ1) is 21.4. The number of esters is 1. The van der Waals surface area contributed by atoms with Gasteiger partial charge in [0.25, 0.3) is 5.91 Å². The minimum Gasteiger partial charge on any atom is -0.507 e. The van der Waals surface area contributed by atoms with Gasteiger partial charge in [0.15, 0.2) is 12.4 Å². The van der Waals surface area contributed by atoms with E-state index in [2.05, 4.69) is 5.32 Å². The Labute approximate surface area is 182 Å². The summed E-state index contributed by atoms with van der Waals surface area (Å²) >= 11 is 11.8. The van der Waals surface area contributed by atoms with E-state index in [1.807, 2.05) is 0 Å². The van der Waals surface area contributed by atoms with Crippen molar-refractivity contribution in [2.24, 2.45) is 0 Å². The number of aromatic hydroxyl groups is 1. The number of hydrogen-bond donors (Lipinski definition) is 2. The molecule has 0 unspecified atom stereocenters. The summed E-state index contributed by atoms with van der Waals surface area (Å²) in [5.74, 6) is -2.23. The van der Waals surface area contributed by atoms with Crippen LogP contribution >= 0.6 is 23.2 Å². The molecule has 6 nitrogen and oxygen atoms in total. The monoisotopic (exact) mass is 443 g/mol. The van der Waals surface area contributed by atoms with Crippen LogP contribution in [-0.2, 0) is 9.53 Å². The number of anilines is 1. The molecule has 3 rings (SSSR count). The quantitative estimate of drug-likeness (QED) is 0.424. The van der Waals surface area contributed by atoms with Gasteiger partial charge in [-0.1, -0.05) is 53.5 Å². The summed E-state index contributed by atoms with van der Waals surface area (Å²) in [6.07, 6.45) is 0. The average Bonchev–Trinajstić information content (AvgIpc) is 2.75. The second-order valence-electron chi connectivity index (χ2n) is 6.17. The number of hydrogen-bond acceptors (Lipinski definition) is 5. The lowest BCUT2D eigenvalue weighted by atomic mass is 10.0. The van der Waals surface area contributed by atoms with Crippen molar-refractivity contribution in [3.63, 3.8) is 0 Å². The zero-order chi connectivity index (χ0) is 21.7. The molecule has 0 saturated heterocycles. The number of amides is 1. The SMILES string of the molecule is O=C(COC(=O)c1cc(Cl)ccc1O)Nc1ccc(Cl)cc1C(=O)c1ccccc1. The van der Waals surface area contributed by atoms with E-state index < -0.39 is 18.5 Å². The van der Waals surface area contributed by atoms with Crippen LogP contribution in [0.3, 0.4) is 0 Å². The van der Waals surface area contributed by atoms with Gasteiger partial charge in [0.2, 0.25) is 0 Å². The smallest absolute Gasteiger partial charge is 0.342 e. The Hall–Kier alpha value is -3.35. The first-order valence-electron chi connectivity index (χ1n) is 8.70. The van der Waals surface area contributed by atoms with Crippen LogP contribution in [0.1, 0.15) is 26.3 Å². The second kappa shape index (κ2) is 9.43. The van der Waals surface area contributed by atoms with Crippen LogP contribution in [0.5, 0.6) is 5.75 Å². The fraction of sp³-hybridized carbons (Fsp3) is 0.0455. The molecular formula is C22H15Cl2NO5. The number of benzene rings is 3. The molecule has 0 fully saturated rings. The summed E-state index contributed by atoms with van der Waals surface area (Å²) in [5, 5.41) is 12.8. The maximum atomic E-state index is 12.8. The molecule has 0 bridgehead atoms. The topological polar surface area (TPSA) is 92.7 Å². The first-order chi connectivity index (χ1) is 14.3. The number of carbonyl (C=O) groups is 3. The van der Waals surface area contributed by atoms with Crippen molar-refractivity contribution in [2.75, 3.05) is 11.9 Å². The largest absolute Gasteiger partial charge is 0.507 e. The van der Waals surface area contributed by atoms with Gasteiger partial charge in [0, 0.05) is 21.2 Å². The lowest BCUT2D eigenvalue weighted by Gasteiger charge is -2.12. The molecule has 2 N–H and O–H groups in total. The second-order valence-corrected chi connectivity index (χ2v) is 7.04. The Morgan fingerprint density at radius 3 is 2.20 bits per heavy atom. The fourth-order valence-corrected chi connectivity index (χ4v) is 2.97. The van der Waals surface area contributed by atoms with Crippen LogP contribution < -0.4 is 5.32 Å². The normalized spacial score (nSPS) is 10.3. The van der Waals surface area contributed by atoms with Crippen molar-refractivity contribution < 1.29 is 24.2 Å². The maximum Gasteiger partial charge on any atom is 0.342 e. The minimum atomic E-state index is -0.915. The number of phenols is 1. The van der Waals surface area contributed by atoms with Crippen LogP contribution in [0.25, 0.3) is 0 Å². The van der Waals surface area contributed by atoms with Gasteiger partial charge in [-0.05, 0) is 36.4 Å². The Kier molecular flexibility index (Phi) is 6.72. The standard InChI is InChI=1S/C22H15Cl2NO5/c23-14-6-8-18(16(10-14)21(28)13-4-2-1-3-5-13)25-20(27)12-30-22(29)17-11-15(24)7-9-19(17)26/h1-11,26H,12H2,(H,25,27). The highest BCUT2D eigenvalue weighted by molar-refractivity contribution is 6.31. The van der Waals surface area contributed by atoms with Gasteiger partial charge >= 0.3 is 5.97 Å². The lowest BCUT2D eigenvalue weighted by Crippen LogP contribution is -2.22. The summed E-state index contributed by atoms with van der Waals surface area (Å²) in [7, 11) is 0. The number of phenolic OH excluding ortho intramolecular Hbond substituents is 1. The van der Waals surface area contributed by atoms with E-state index in [4.69, 9.17) is 27.9 Å². The van der Waals surface area contributed by atoms with E-state index in [0.29, 0.717) is 10.6 Å². The van der Waals surface area contributed by atoms with E-state index in [0.717, 1.165) is 0 Å². The van der Waals surface area contributed by atoms with Gasteiger partial charge in [0.05, 0.1) is 5.69 Å². The van der Waals surface area contributed by atoms with Crippen LogP contribution in [0.2, 0.25) is 10.0 Å². The minimum absolute atomic E-state index is 0.165. The Bertz CT molecular complexity index is 1120. The number of ether oxygens (including phenoxy) is 1. The van der Waals surface area contributed by atoms with Gasteiger partial charge in [0.1, 0.15) is 11.3 Å². The van der Waals surface area contributed by atoms with Crippen molar-refractivity contribution in [3.8, 4) is 5.75 Å². The van der Waals surface area contributed by atoms with Gasteiger partial charge in [-0.25, -0.2) is 4.79 Å². The highest BCUT2D eigenvalue weighted by atomic mass is 35.5. The first-order valence-corrected chi connectivity index (χ1v) is 9.45. The molecule has 3 aromatic rings. The third kappa shape index (κ3) is 5.17. The highest BCUT2D eigenvalue weighted by Crippen LogP contribution is 2.24. The van der Waals surface area contributed by atoms with Crippen molar-refractivity contribution in [1.29, 1.82) is 0 Å². The molecule has 0 atom stereocenters. The van der Waals surface area contributed by atoms with E-state index in [1.54, 1.807) is 30.3 Å². The van der Waals surface area contributed by atoms with Gasteiger partial charge in [-0.2, -0.15) is 0 Å². The summed E-state index contributed by atoms with van der Waals surface area (Å²) in [6.45, 7) is -0.633. The molecule has 0 aliphatic carbocycles. The van der Waals surface area contributed by atoms with Crippen molar-refractivity contribution in [1.82, 2.24) is 0 Å². The predicted molar refractivity (Wildman–Crippen MR) is 113 cm³/mol. The zero-order valence-electron chi connectivity index (χ0n) is 15.4. The van der Waals surface area contributed by atoms with E-state index in [-0.39, 0.29) is 33.4 Å². The molecule has 152 valence electrons.